The molecule has 142 valence electrons. The number of carbonyl (C=O) groups is 2. The highest BCUT2D eigenvalue weighted by Crippen LogP contribution is 2.18. The van der Waals surface area contributed by atoms with Crippen molar-refractivity contribution in [3.05, 3.63) is 95.6 Å². The maximum atomic E-state index is 12.5. The molecular formula is C23H21NO4. The van der Waals surface area contributed by atoms with Gasteiger partial charge in [-0.3, -0.25) is 4.79 Å². The second kappa shape index (κ2) is 9.37. The molecule has 0 unspecified atom stereocenters. The van der Waals surface area contributed by atoms with Crippen LogP contribution in [0.4, 0.5) is 5.69 Å². The van der Waals surface area contributed by atoms with Gasteiger partial charge < -0.3 is 14.8 Å². The third-order valence-corrected chi connectivity index (χ3v) is 4.21. The van der Waals surface area contributed by atoms with E-state index >= 15 is 0 Å². The van der Waals surface area contributed by atoms with E-state index in [1.165, 1.54) is 0 Å². The summed E-state index contributed by atoms with van der Waals surface area (Å²) in [6.07, 6.45) is 0.592. The second-order valence-corrected chi connectivity index (χ2v) is 6.10. The number of esters is 1. The van der Waals surface area contributed by atoms with Crippen molar-refractivity contribution in [1.82, 2.24) is 0 Å². The van der Waals surface area contributed by atoms with Crippen LogP contribution in [-0.2, 0) is 11.2 Å². The molecule has 5 heteroatoms. The normalized spacial score (nSPS) is 10.2. The van der Waals surface area contributed by atoms with E-state index in [1.807, 2.05) is 30.3 Å². The average Bonchev–Trinajstić information content (AvgIpc) is 2.75. The van der Waals surface area contributed by atoms with Crippen molar-refractivity contribution in [2.75, 3.05) is 19.0 Å². The van der Waals surface area contributed by atoms with Crippen LogP contribution in [-0.4, -0.2) is 25.6 Å². The maximum absolute atomic E-state index is 12.5. The van der Waals surface area contributed by atoms with Crippen molar-refractivity contribution in [2.24, 2.45) is 0 Å². The maximum Gasteiger partial charge on any atom is 0.340 e. The van der Waals surface area contributed by atoms with E-state index in [4.69, 9.17) is 9.47 Å². The molecule has 0 atom stereocenters. The van der Waals surface area contributed by atoms with Crippen LogP contribution in [0.3, 0.4) is 0 Å². The minimum absolute atomic E-state index is 0.242. The molecule has 0 saturated carbocycles. The molecule has 1 N–H and O–H groups in total. The molecule has 0 aliphatic carbocycles. The van der Waals surface area contributed by atoms with Gasteiger partial charge in [-0.15, -0.1) is 0 Å². The Morgan fingerprint density at radius 3 is 2.25 bits per heavy atom. The molecule has 0 aromatic heterocycles. The van der Waals surface area contributed by atoms with E-state index in [9.17, 15) is 9.59 Å². The van der Waals surface area contributed by atoms with Crippen LogP contribution >= 0.6 is 0 Å². The standard InChI is InChI=1S/C23H21NO4/c1-27-19-13-11-17(12-14-19)15-16-28-23(26)20-9-5-6-10-21(20)24-22(25)18-7-3-2-4-8-18/h2-14H,15-16H2,1H3,(H,24,25). The summed E-state index contributed by atoms with van der Waals surface area (Å²) in [5.74, 6) is 0.0281. The Morgan fingerprint density at radius 1 is 0.857 bits per heavy atom. The molecule has 5 nitrogen and oxygen atoms in total. The van der Waals surface area contributed by atoms with E-state index < -0.39 is 5.97 Å². The van der Waals surface area contributed by atoms with Gasteiger partial charge in [-0.25, -0.2) is 4.79 Å². The minimum atomic E-state index is -0.475. The van der Waals surface area contributed by atoms with E-state index in [1.54, 1.807) is 55.6 Å². The highest BCUT2D eigenvalue weighted by atomic mass is 16.5. The smallest absolute Gasteiger partial charge is 0.340 e. The molecular weight excluding hydrogens is 354 g/mol. The number of carbonyl (C=O) groups excluding carboxylic acids is 2. The highest BCUT2D eigenvalue weighted by Gasteiger charge is 2.15. The number of benzene rings is 3. The summed E-state index contributed by atoms with van der Waals surface area (Å²) in [6, 6.07) is 23.2. The lowest BCUT2D eigenvalue weighted by Gasteiger charge is -2.11. The van der Waals surface area contributed by atoms with Crippen LogP contribution in [0.2, 0.25) is 0 Å². The molecule has 3 rings (SSSR count). The zero-order chi connectivity index (χ0) is 19.8. The third-order valence-electron chi connectivity index (χ3n) is 4.21. The molecule has 0 bridgehead atoms. The summed E-state index contributed by atoms with van der Waals surface area (Å²) < 4.78 is 10.5. The first-order chi connectivity index (χ1) is 13.7. The van der Waals surface area contributed by atoms with Crippen LogP contribution in [0.25, 0.3) is 0 Å². The topological polar surface area (TPSA) is 64.6 Å². The van der Waals surface area contributed by atoms with Crippen LogP contribution in [0.1, 0.15) is 26.3 Å². The molecule has 0 saturated heterocycles. The lowest BCUT2D eigenvalue weighted by Crippen LogP contribution is -2.16. The van der Waals surface area contributed by atoms with Gasteiger partial charge in [0.15, 0.2) is 0 Å². The Bertz CT molecular complexity index is 936. The van der Waals surface area contributed by atoms with Gasteiger partial charge in [0.25, 0.3) is 5.91 Å². The van der Waals surface area contributed by atoms with Crippen molar-refractivity contribution < 1.29 is 19.1 Å². The largest absolute Gasteiger partial charge is 0.497 e. The highest BCUT2D eigenvalue weighted by molar-refractivity contribution is 6.07. The van der Waals surface area contributed by atoms with E-state index in [-0.39, 0.29) is 12.5 Å². The number of nitrogens with one attached hydrogen (secondary N) is 1. The molecule has 0 radical (unpaired) electrons. The number of amides is 1. The van der Waals surface area contributed by atoms with Gasteiger partial charge >= 0.3 is 5.97 Å². The van der Waals surface area contributed by atoms with Crippen molar-refractivity contribution in [2.45, 2.75) is 6.42 Å². The molecule has 28 heavy (non-hydrogen) atoms. The zero-order valence-corrected chi connectivity index (χ0v) is 15.6. The van der Waals surface area contributed by atoms with Gasteiger partial charge in [-0.05, 0) is 42.0 Å². The SMILES string of the molecule is COc1ccc(CCOC(=O)c2ccccc2NC(=O)c2ccccc2)cc1. The van der Waals surface area contributed by atoms with E-state index in [0.717, 1.165) is 11.3 Å². The van der Waals surface area contributed by atoms with Gasteiger partial charge in [0.1, 0.15) is 5.75 Å². The first-order valence-electron chi connectivity index (χ1n) is 8.93. The van der Waals surface area contributed by atoms with Crippen molar-refractivity contribution in [3.63, 3.8) is 0 Å². The predicted octanol–water partition coefficient (Wildman–Crippen LogP) is 4.35. The third kappa shape index (κ3) is 4.98. The van der Waals surface area contributed by atoms with Gasteiger partial charge in [0.2, 0.25) is 0 Å². The van der Waals surface area contributed by atoms with Crippen molar-refractivity contribution in [1.29, 1.82) is 0 Å². The summed E-state index contributed by atoms with van der Waals surface area (Å²) in [4.78, 5) is 24.8. The number of ether oxygens (including phenoxy) is 2. The van der Waals surface area contributed by atoms with Crippen LogP contribution in [0.15, 0.2) is 78.9 Å². The van der Waals surface area contributed by atoms with Gasteiger partial charge in [0.05, 0.1) is 25.0 Å². The summed E-state index contributed by atoms with van der Waals surface area (Å²) in [5.41, 5.74) is 2.30. The molecule has 0 aliphatic heterocycles. The van der Waals surface area contributed by atoms with Gasteiger partial charge in [-0.1, -0.05) is 42.5 Å². The average molecular weight is 375 g/mol. The van der Waals surface area contributed by atoms with E-state index in [2.05, 4.69) is 5.32 Å². The fraction of sp³-hybridized carbons (Fsp3) is 0.130. The zero-order valence-electron chi connectivity index (χ0n) is 15.6. The van der Waals surface area contributed by atoms with Crippen molar-refractivity contribution in [3.8, 4) is 5.75 Å². The second-order valence-electron chi connectivity index (χ2n) is 6.10. The number of hydrogen-bond acceptors (Lipinski definition) is 4. The summed E-state index contributed by atoms with van der Waals surface area (Å²) in [6.45, 7) is 0.242. The molecule has 3 aromatic carbocycles. The molecule has 0 aliphatic rings. The van der Waals surface area contributed by atoms with Gasteiger partial charge in [0, 0.05) is 12.0 Å². The number of hydrogen-bond donors (Lipinski definition) is 1. The molecule has 0 fully saturated rings. The Kier molecular flexibility index (Phi) is 6.41. The lowest BCUT2D eigenvalue weighted by molar-refractivity contribution is 0.0510. The first-order valence-corrected chi connectivity index (χ1v) is 8.93. The van der Waals surface area contributed by atoms with Gasteiger partial charge in [-0.2, -0.15) is 0 Å². The molecule has 3 aromatic rings. The summed E-state index contributed by atoms with van der Waals surface area (Å²) in [7, 11) is 1.62. The van der Waals surface area contributed by atoms with Crippen LogP contribution in [0.5, 0.6) is 5.75 Å². The molecule has 0 spiro atoms. The Labute approximate surface area is 163 Å². The van der Waals surface area contributed by atoms with Crippen molar-refractivity contribution >= 4 is 17.6 Å². The minimum Gasteiger partial charge on any atom is -0.497 e. The Balaban J connectivity index is 1.61. The van der Waals surface area contributed by atoms with Crippen LogP contribution in [0, 0.1) is 0 Å². The lowest BCUT2D eigenvalue weighted by atomic mass is 10.1. The quantitative estimate of drug-likeness (QED) is 0.624. The first kappa shape index (κ1) is 19.2. The molecule has 0 heterocycles. The van der Waals surface area contributed by atoms with Crippen LogP contribution < -0.4 is 10.1 Å². The fourth-order valence-electron chi connectivity index (χ4n) is 2.69. The number of methoxy groups -OCH3 is 1. The van der Waals surface area contributed by atoms with E-state index in [0.29, 0.717) is 23.2 Å². The number of anilines is 1. The Morgan fingerprint density at radius 2 is 1.54 bits per heavy atom. The number of rotatable bonds is 7. The summed E-state index contributed by atoms with van der Waals surface area (Å²) in [5, 5.41) is 2.77. The monoisotopic (exact) mass is 375 g/mol. The Hall–Kier alpha value is -3.60. The fourth-order valence-corrected chi connectivity index (χ4v) is 2.69. The summed E-state index contributed by atoms with van der Waals surface area (Å²) >= 11 is 0. The molecule has 1 amide bonds. The number of para-hydroxylation sites is 1. The predicted molar refractivity (Wildman–Crippen MR) is 108 cm³/mol.